The van der Waals surface area contributed by atoms with Gasteiger partial charge in [-0.05, 0) is 38.1 Å². The van der Waals surface area contributed by atoms with Crippen molar-refractivity contribution < 1.29 is 4.79 Å². The molecule has 3 N–H and O–H groups in total. The van der Waals surface area contributed by atoms with Gasteiger partial charge >= 0.3 is 0 Å². The third-order valence-corrected chi connectivity index (χ3v) is 3.30. The number of thiocarbonyl (C=S) groups is 1. The summed E-state index contributed by atoms with van der Waals surface area (Å²) in [6.07, 6.45) is 0. The lowest BCUT2D eigenvalue weighted by molar-refractivity contribution is 0.102. The molecule has 0 saturated heterocycles. The van der Waals surface area contributed by atoms with Gasteiger partial charge in [0, 0.05) is 10.6 Å². The van der Waals surface area contributed by atoms with E-state index in [1.807, 2.05) is 0 Å². The van der Waals surface area contributed by atoms with Crippen LogP contribution in [-0.4, -0.2) is 21.1 Å². The Balaban J connectivity index is 2.38. The second-order valence-corrected chi connectivity index (χ2v) is 5.37. The minimum Gasteiger partial charge on any atom is -0.389 e. The highest BCUT2D eigenvalue weighted by atomic mass is 35.5. The maximum absolute atomic E-state index is 12.4. The number of hydrogen-bond donors (Lipinski definition) is 2. The Labute approximate surface area is 132 Å². The third-order valence-electron chi connectivity index (χ3n) is 2.84. The van der Waals surface area contributed by atoms with Crippen molar-refractivity contribution in [3.63, 3.8) is 0 Å². The van der Waals surface area contributed by atoms with Gasteiger partial charge in [-0.1, -0.05) is 23.8 Å². The topological polar surface area (TPSA) is 80.9 Å². The predicted octanol–water partition coefficient (Wildman–Crippen LogP) is 2.63. The summed E-state index contributed by atoms with van der Waals surface area (Å²) >= 11 is 10.9. The number of hydrogen-bond acceptors (Lipinski definition) is 4. The number of carbonyl (C=O) groups is 1. The van der Waals surface area contributed by atoms with E-state index in [0.717, 1.165) is 0 Å². The molecular weight excluding hydrogens is 308 g/mol. The van der Waals surface area contributed by atoms with Crippen LogP contribution in [0.4, 0.5) is 5.69 Å². The van der Waals surface area contributed by atoms with Gasteiger partial charge in [-0.25, -0.2) is 0 Å². The fraction of sp³-hybridized carbons (Fsp3) is 0.143. The molecule has 0 aliphatic rings. The van der Waals surface area contributed by atoms with Gasteiger partial charge in [0.1, 0.15) is 4.99 Å². The average molecular weight is 321 g/mol. The van der Waals surface area contributed by atoms with Crippen LogP contribution in [0.2, 0.25) is 5.02 Å². The summed E-state index contributed by atoms with van der Waals surface area (Å²) in [6.45, 7) is 3.48. The third kappa shape index (κ3) is 3.53. The van der Waals surface area contributed by atoms with Gasteiger partial charge in [0.15, 0.2) is 0 Å². The lowest BCUT2D eigenvalue weighted by Crippen LogP contribution is -2.19. The molecule has 108 valence electrons. The second kappa shape index (κ2) is 6.15. The van der Waals surface area contributed by atoms with Crippen LogP contribution < -0.4 is 11.1 Å². The number of anilines is 1. The Hall–Kier alpha value is -2.05. The number of nitrogens with zero attached hydrogens (tertiary/aromatic N) is 2. The zero-order chi connectivity index (χ0) is 15.6. The maximum atomic E-state index is 12.4. The molecule has 0 radical (unpaired) electrons. The number of aromatic nitrogens is 2. The van der Waals surface area contributed by atoms with Gasteiger partial charge in [-0.15, -0.1) is 0 Å². The monoisotopic (exact) mass is 320 g/mol. The number of halogens is 1. The maximum Gasteiger partial charge on any atom is 0.257 e. The van der Waals surface area contributed by atoms with Crippen LogP contribution in [0.5, 0.6) is 0 Å². The van der Waals surface area contributed by atoms with E-state index in [4.69, 9.17) is 29.6 Å². The van der Waals surface area contributed by atoms with Gasteiger partial charge in [-0.3, -0.25) is 4.79 Å². The van der Waals surface area contributed by atoms with E-state index < -0.39 is 0 Å². The van der Waals surface area contributed by atoms with Crippen molar-refractivity contribution in [2.45, 2.75) is 13.8 Å². The number of nitrogens with two attached hydrogens (primary N) is 1. The Morgan fingerprint density at radius 3 is 2.62 bits per heavy atom. The van der Waals surface area contributed by atoms with Gasteiger partial charge in [0.25, 0.3) is 5.91 Å². The molecule has 0 aliphatic heterocycles. The van der Waals surface area contributed by atoms with Gasteiger partial charge in [0.2, 0.25) is 0 Å². The quantitative estimate of drug-likeness (QED) is 0.850. The molecule has 0 unspecified atom stereocenters. The molecule has 2 aromatic rings. The van der Waals surface area contributed by atoms with Crippen LogP contribution in [0.15, 0.2) is 24.3 Å². The van der Waals surface area contributed by atoms with E-state index in [0.29, 0.717) is 33.2 Å². The molecule has 0 fully saturated rings. The molecule has 1 heterocycles. The number of rotatable bonds is 3. The minimum absolute atomic E-state index is 0.183. The summed E-state index contributed by atoms with van der Waals surface area (Å²) in [6, 6.07) is 6.60. The van der Waals surface area contributed by atoms with Crippen molar-refractivity contribution in [1.29, 1.82) is 0 Å². The molecule has 0 spiro atoms. The Morgan fingerprint density at radius 1 is 1.24 bits per heavy atom. The molecule has 1 aromatic heterocycles. The molecule has 5 nitrogen and oxygen atoms in total. The molecule has 0 saturated carbocycles. The lowest BCUT2D eigenvalue weighted by Gasteiger charge is -2.11. The fourth-order valence-corrected chi connectivity index (χ4v) is 2.15. The molecular formula is C14H13ClN4OS. The van der Waals surface area contributed by atoms with Crippen LogP contribution in [-0.2, 0) is 0 Å². The molecule has 0 atom stereocenters. The molecule has 1 amide bonds. The number of benzene rings is 1. The van der Waals surface area contributed by atoms with Gasteiger partial charge in [-0.2, -0.15) is 10.2 Å². The number of nitrogens with one attached hydrogen (secondary N) is 1. The Morgan fingerprint density at radius 2 is 1.95 bits per heavy atom. The van der Waals surface area contributed by atoms with Crippen molar-refractivity contribution >= 4 is 40.4 Å². The first-order chi connectivity index (χ1) is 9.88. The van der Waals surface area contributed by atoms with E-state index >= 15 is 0 Å². The lowest BCUT2D eigenvalue weighted by atomic mass is 10.1. The molecule has 0 aliphatic carbocycles. The van der Waals surface area contributed by atoms with Crippen molar-refractivity contribution in [2.75, 3.05) is 5.32 Å². The summed E-state index contributed by atoms with van der Waals surface area (Å²) in [5.74, 6) is -0.315. The summed E-state index contributed by atoms with van der Waals surface area (Å²) in [5.41, 5.74) is 8.31. The molecule has 0 bridgehead atoms. The van der Waals surface area contributed by atoms with E-state index in [-0.39, 0.29) is 10.9 Å². The molecule has 1 aromatic carbocycles. The standard InChI is InChI=1S/C14H13ClN4OS/c1-7-5-11(8(2)19-18-7)14(20)17-12-6-9(15)3-4-10(12)13(16)21/h3-6H,1-2H3,(H2,16,21)(H,17,20). The highest BCUT2D eigenvalue weighted by Gasteiger charge is 2.14. The first-order valence-electron chi connectivity index (χ1n) is 6.10. The molecule has 21 heavy (non-hydrogen) atoms. The van der Waals surface area contributed by atoms with Crippen LogP contribution in [0.3, 0.4) is 0 Å². The van der Waals surface area contributed by atoms with Crippen LogP contribution in [0.1, 0.15) is 27.3 Å². The first kappa shape index (κ1) is 15.3. The van der Waals surface area contributed by atoms with E-state index in [9.17, 15) is 4.79 Å². The van der Waals surface area contributed by atoms with Crippen LogP contribution >= 0.6 is 23.8 Å². The SMILES string of the molecule is Cc1cc(C(=O)Nc2cc(Cl)ccc2C(N)=S)c(C)nn1. The average Bonchev–Trinajstić information content (AvgIpc) is 2.41. The second-order valence-electron chi connectivity index (χ2n) is 4.49. The van der Waals surface area contributed by atoms with Crippen LogP contribution in [0.25, 0.3) is 0 Å². The summed E-state index contributed by atoms with van der Waals surface area (Å²) < 4.78 is 0. The largest absolute Gasteiger partial charge is 0.389 e. The van der Waals surface area contributed by atoms with E-state index in [1.54, 1.807) is 38.1 Å². The van der Waals surface area contributed by atoms with Gasteiger partial charge in [0.05, 0.1) is 22.6 Å². The Kier molecular flexibility index (Phi) is 4.50. The minimum atomic E-state index is -0.315. The summed E-state index contributed by atoms with van der Waals surface area (Å²) in [5, 5.41) is 11.1. The van der Waals surface area contributed by atoms with Crippen molar-refractivity contribution in [3.05, 3.63) is 51.8 Å². The van der Waals surface area contributed by atoms with Crippen LogP contribution in [0, 0.1) is 13.8 Å². The van der Waals surface area contributed by atoms with E-state index in [1.165, 1.54) is 0 Å². The first-order valence-corrected chi connectivity index (χ1v) is 6.88. The van der Waals surface area contributed by atoms with Crippen molar-refractivity contribution in [1.82, 2.24) is 10.2 Å². The normalized spacial score (nSPS) is 10.2. The summed E-state index contributed by atoms with van der Waals surface area (Å²) in [7, 11) is 0. The Bertz CT molecular complexity index is 733. The van der Waals surface area contributed by atoms with E-state index in [2.05, 4.69) is 15.5 Å². The number of aryl methyl sites for hydroxylation is 2. The zero-order valence-electron chi connectivity index (χ0n) is 11.5. The summed E-state index contributed by atoms with van der Waals surface area (Å²) in [4.78, 5) is 12.6. The van der Waals surface area contributed by atoms with Gasteiger partial charge < -0.3 is 11.1 Å². The highest BCUT2D eigenvalue weighted by Crippen LogP contribution is 2.22. The predicted molar refractivity (Wildman–Crippen MR) is 86.8 cm³/mol. The highest BCUT2D eigenvalue weighted by molar-refractivity contribution is 7.80. The molecule has 7 heteroatoms. The fourth-order valence-electron chi connectivity index (χ4n) is 1.80. The molecule has 2 rings (SSSR count). The smallest absolute Gasteiger partial charge is 0.257 e. The zero-order valence-corrected chi connectivity index (χ0v) is 13.0. The van der Waals surface area contributed by atoms with Crippen molar-refractivity contribution in [2.24, 2.45) is 5.73 Å². The number of amides is 1. The number of carbonyl (C=O) groups excluding carboxylic acids is 1. The van der Waals surface area contributed by atoms with Crippen molar-refractivity contribution in [3.8, 4) is 0 Å².